The van der Waals surface area contributed by atoms with Crippen LogP contribution in [-0.2, 0) is 19.9 Å². The summed E-state index contributed by atoms with van der Waals surface area (Å²) in [5.41, 5.74) is 0.0163. The topological polar surface area (TPSA) is 55.4 Å². The van der Waals surface area contributed by atoms with Crippen molar-refractivity contribution in [3.05, 3.63) is 35.9 Å². The summed E-state index contributed by atoms with van der Waals surface area (Å²) in [6, 6.07) is 9.35. The van der Waals surface area contributed by atoms with E-state index in [0.29, 0.717) is 0 Å². The molecular weight excluding hydrogens is 218 g/mol. The number of nitrogens with one attached hydrogen (secondary N) is 1. The van der Waals surface area contributed by atoms with Crippen LogP contribution in [0.2, 0.25) is 0 Å². The smallest absolute Gasteiger partial charge is 0.303 e. The summed E-state index contributed by atoms with van der Waals surface area (Å²) in [4.78, 5) is 22.1. The Morgan fingerprint density at radius 1 is 1.24 bits per heavy atom. The molecular formula is C13H17NO3. The average Bonchev–Trinajstić information content (AvgIpc) is 2.27. The number of rotatable bonds is 4. The highest BCUT2D eigenvalue weighted by atomic mass is 16.6. The lowest BCUT2D eigenvalue weighted by Gasteiger charge is -2.29. The molecule has 4 nitrogen and oxygen atoms in total. The first kappa shape index (κ1) is 13.2. The van der Waals surface area contributed by atoms with Crippen molar-refractivity contribution in [3.8, 4) is 0 Å². The molecule has 0 aliphatic rings. The minimum atomic E-state index is -0.835. The fraction of sp³-hybridized carbons (Fsp3) is 0.385. The highest BCUT2D eigenvalue weighted by Gasteiger charge is 2.30. The molecule has 0 aliphatic heterocycles. The van der Waals surface area contributed by atoms with Gasteiger partial charge >= 0.3 is 5.97 Å². The van der Waals surface area contributed by atoms with E-state index in [1.165, 1.54) is 13.8 Å². The SMILES string of the molecule is CC(=O)NC[C@](C)(OC(C)=O)c1ccccc1. The van der Waals surface area contributed by atoms with Crippen LogP contribution in [0.25, 0.3) is 0 Å². The van der Waals surface area contributed by atoms with Gasteiger partial charge in [0.25, 0.3) is 0 Å². The Kier molecular flexibility index (Phi) is 4.26. The second-order valence-corrected chi connectivity index (χ2v) is 4.10. The molecule has 0 saturated heterocycles. The maximum absolute atomic E-state index is 11.1. The molecule has 1 atom stereocenters. The summed E-state index contributed by atoms with van der Waals surface area (Å²) in [7, 11) is 0. The number of hydrogen-bond acceptors (Lipinski definition) is 3. The van der Waals surface area contributed by atoms with Crippen LogP contribution in [0.5, 0.6) is 0 Å². The second kappa shape index (κ2) is 5.48. The van der Waals surface area contributed by atoms with Gasteiger partial charge in [0.1, 0.15) is 0 Å². The average molecular weight is 235 g/mol. The first-order valence-corrected chi connectivity index (χ1v) is 5.43. The molecule has 1 aromatic carbocycles. The van der Waals surface area contributed by atoms with Crippen LogP contribution in [0, 0.1) is 0 Å². The molecule has 0 saturated carbocycles. The lowest BCUT2D eigenvalue weighted by atomic mass is 9.95. The maximum atomic E-state index is 11.1. The molecule has 0 spiro atoms. The Labute approximate surface area is 101 Å². The first-order valence-electron chi connectivity index (χ1n) is 5.43. The largest absolute Gasteiger partial charge is 0.453 e. The molecule has 0 aromatic heterocycles. The van der Waals surface area contributed by atoms with Crippen LogP contribution in [0.15, 0.2) is 30.3 Å². The molecule has 1 N–H and O–H groups in total. The van der Waals surface area contributed by atoms with Gasteiger partial charge in [0, 0.05) is 13.8 Å². The molecule has 0 bridgehead atoms. The van der Waals surface area contributed by atoms with Gasteiger partial charge in [0.05, 0.1) is 6.54 Å². The Bertz CT molecular complexity index is 402. The number of ether oxygens (including phenoxy) is 1. The molecule has 1 amide bonds. The summed E-state index contributed by atoms with van der Waals surface area (Å²) < 4.78 is 5.32. The van der Waals surface area contributed by atoms with Crippen molar-refractivity contribution < 1.29 is 14.3 Å². The van der Waals surface area contributed by atoms with Crippen LogP contribution in [0.3, 0.4) is 0 Å². The van der Waals surface area contributed by atoms with Crippen molar-refractivity contribution >= 4 is 11.9 Å². The molecule has 0 heterocycles. The summed E-state index contributed by atoms with van der Waals surface area (Å²) in [5.74, 6) is -0.527. The lowest BCUT2D eigenvalue weighted by molar-refractivity contribution is -0.156. The monoisotopic (exact) mass is 235 g/mol. The zero-order valence-electron chi connectivity index (χ0n) is 10.3. The van der Waals surface area contributed by atoms with Gasteiger partial charge in [0.15, 0.2) is 5.60 Å². The van der Waals surface area contributed by atoms with Crippen molar-refractivity contribution in [1.82, 2.24) is 5.32 Å². The molecule has 92 valence electrons. The van der Waals surface area contributed by atoms with Gasteiger partial charge < -0.3 is 10.1 Å². The molecule has 4 heteroatoms. The molecule has 0 aliphatic carbocycles. The van der Waals surface area contributed by atoms with Gasteiger partial charge in [0.2, 0.25) is 5.91 Å². The van der Waals surface area contributed by atoms with Crippen molar-refractivity contribution in [2.75, 3.05) is 6.54 Å². The predicted octanol–water partition coefficient (Wildman–Crippen LogP) is 1.60. The Morgan fingerprint density at radius 2 is 1.82 bits per heavy atom. The summed E-state index contributed by atoms with van der Waals surface area (Å²) in [5, 5.41) is 2.67. The van der Waals surface area contributed by atoms with Crippen molar-refractivity contribution in [2.24, 2.45) is 0 Å². The molecule has 0 fully saturated rings. The van der Waals surface area contributed by atoms with Gasteiger partial charge in [-0.1, -0.05) is 30.3 Å². The van der Waals surface area contributed by atoms with E-state index >= 15 is 0 Å². The second-order valence-electron chi connectivity index (χ2n) is 4.10. The van der Waals surface area contributed by atoms with Crippen LogP contribution in [0.1, 0.15) is 26.3 Å². The van der Waals surface area contributed by atoms with E-state index < -0.39 is 5.60 Å². The first-order chi connectivity index (χ1) is 7.94. The predicted molar refractivity (Wildman–Crippen MR) is 64.2 cm³/mol. The molecule has 0 radical (unpaired) electrons. The van der Waals surface area contributed by atoms with E-state index in [1.54, 1.807) is 6.92 Å². The van der Waals surface area contributed by atoms with Gasteiger partial charge in [-0.15, -0.1) is 0 Å². The van der Waals surface area contributed by atoms with E-state index in [9.17, 15) is 9.59 Å². The summed E-state index contributed by atoms with van der Waals surface area (Å²) in [6.07, 6.45) is 0. The Hall–Kier alpha value is -1.84. The number of benzene rings is 1. The highest BCUT2D eigenvalue weighted by molar-refractivity contribution is 5.73. The van der Waals surface area contributed by atoms with Gasteiger partial charge in [-0.05, 0) is 12.5 Å². The van der Waals surface area contributed by atoms with Crippen LogP contribution in [0.4, 0.5) is 0 Å². The van der Waals surface area contributed by atoms with E-state index in [4.69, 9.17) is 4.74 Å². The van der Waals surface area contributed by atoms with E-state index in [1.807, 2.05) is 30.3 Å². The minimum absolute atomic E-state index is 0.153. The number of carbonyl (C=O) groups excluding carboxylic acids is 2. The van der Waals surface area contributed by atoms with E-state index in [0.717, 1.165) is 5.56 Å². The highest BCUT2D eigenvalue weighted by Crippen LogP contribution is 2.24. The van der Waals surface area contributed by atoms with Crippen LogP contribution >= 0.6 is 0 Å². The Morgan fingerprint density at radius 3 is 2.29 bits per heavy atom. The third-order valence-electron chi connectivity index (χ3n) is 2.43. The fourth-order valence-corrected chi connectivity index (χ4v) is 1.60. The van der Waals surface area contributed by atoms with Crippen LogP contribution < -0.4 is 5.32 Å². The number of amides is 1. The fourth-order valence-electron chi connectivity index (χ4n) is 1.60. The van der Waals surface area contributed by atoms with E-state index in [-0.39, 0.29) is 18.4 Å². The summed E-state index contributed by atoms with van der Waals surface area (Å²) >= 11 is 0. The summed E-state index contributed by atoms with van der Waals surface area (Å²) in [6.45, 7) is 4.82. The van der Waals surface area contributed by atoms with Crippen molar-refractivity contribution in [3.63, 3.8) is 0 Å². The molecule has 0 unspecified atom stereocenters. The van der Waals surface area contributed by atoms with Crippen molar-refractivity contribution in [2.45, 2.75) is 26.4 Å². The number of carbonyl (C=O) groups is 2. The minimum Gasteiger partial charge on any atom is -0.453 e. The van der Waals surface area contributed by atoms with Gasteiger partial charge in [-0.2, -0.15) is 0 Å². The molecule has 1 aromatic rings. The molecule has 1 rings (SSSR count). The number of hydrogen-bond donors (Lipinski definition) is 1. The van der Waals surface area contributed by atoms with Crippen molar-refractivity contribution in [1.29, 1.82) is 0 Å². The van der Waals surface area contributed by atoms with Gasteiger partial charge in [-0.25, -0.2) is 0 Å². The zero-order valence-corrected chi connectivity index (χ0v) is 10.3. The standard InChI is InChI=1S/C13H17NO3/c1-10(15)14-9-13(3,17-11(2)16)12-7-5-4-6-8-12/h4-8H,9H2,1-3H3,(H,14,15)/t13-/m0/s1. The normalized spacial score (nSPS) is 13.6. The zero-order chi connectivity index (χ0) is 12.9. The Balaban J connectivity index is 2.93. The molecule has 17 heavy (non-hydrogen) atoms. The quantitative estimate of drug-likeness (QED) is 0.806. The maximum Gasteiger partial charge on any atom is 0.303 e. The van der Waals surface area contributed by atoms with E-state index in [2.05, 4.69) is 5.32 Å². The van der Waals surface area contributed by atoms with Crippen LogP contribution in [-0.4, -0.2) is 18.4 Å². The third kappa shape index (κ3) is 3.90. The lowest BCUT2D eigenvalue weighted by Crippen LogP contribution is -2.41. The van der Waals surface area contributed by atoms with Gasteiger partial charge in [-0.3, -0.25) is 9.59 Å². The third-order valence-corrected chi connectivity index (χ3v) is 2.43. The number of esters is 1.